The van der Waals surface area contributed by atoms with Gasteiger partial charge in [-0.25, -0.2) is 0 Å². The number of para-hydroxylation sites is 2. The quantitative estimate of drug-likeness (QED) is 0.210. The van der Waals surface area contributed by atoms with Crippen LogP contribution in [0.3, 0.4) is 0 Å². The molecule has 1 saturated heterocycles. The molecule has 5 N–H and O–H groups in total. The van der Waals surface area contributed by atoms with Crippen molar-refractivity contribution in [2.24, 2.45) is 5.92 Å². The molecule has 0 saturated carbocycles. The van der Waals surface area contributed by atoms with Crippen LogP contribution in [-0.4, -0.2) is 109 Å². The molecule has 2 heterocycles. The van der Waals surface area contributed by atoms with Crippen molar-refractivity contribution < 1.29 is 29.0 Å². The minimum absolute atomic E-state index is 0.0580. The molecule has 2 aliphatic heterocycles. The highest BCUT2D eigenvalue weighted by molar-refractivity contribution is 6.05. The number of nitrogens with one attached hydrogen (secondary N) is 2. The number of ether oxygens (including phenoxy) is 2. The Labute approximate surface area is 294 Å². The van der Waals surface area contributed by atoms with Crippen molar-refractivity contribution in [3.05, 3.63) is 83.4 Å². The molecule has 50 heavy (non-hydrogen) atoms. The first-order chi connectivity index (χ1) is 24.1. The van der Waals surface area contributed by atoms with Crippen LogP contribution >= 0.6 is 0 Å². The van der Waals surface area contributed by atoms with Gasteiger partial charge < -0.3 is 35.8 Å². The molecular weight excluding hydrogens is 636 g/mol. The SMILES string of the molecule is C[C@H]1CN([C@@H](C)CO)C(=O)Cc2cc(NC(=O)CCN3CCOCC3)ccc2O[C@H]1CN(C)Cc1ccc(C(=O)Nc2ccccc2N)cc1. The summed E-state index contributed by atoms with van der Waals surface area (Å²) in [5.74, 6) is 0.110. The Hall–Kier alpha value is -4.49. The van der Waals surface area contributed by atoms with Gasteiger partial charge in [0.25, 0.3) is 5.91 Å². The zero-order chi connectivity index (χ0) is 35.6. The maximum atomic E-state index is 13.6. The van der Waals surface area contributed by atoms with Crippen molar-refractivity contribution in [3.63, 3.8) is 0 Å². The summed E-state index contributed by atoms with van der Waals surface area (Å²) in [6.45, 7) is 9.01. The Balaban J connectivity index is 1.26. The highest BCUT2D eigenvalue weighted by Crippen LogP contribution is 2.29. The first-order valence-electron chi connectivity index (χ1n) is 17.3. The van der Waals surface area contributed by atoms with Crippen LogP contribution in [0.4, 0.5) is 17.1 Å². The molecule has 0 spiro atoms. The molecule has 12 nitrogen and oxygen atoms in total. The van der Waals surface area contributed by atoms with Crippen LogP contribution in [0, 0.1) is 5.92 Å². The number of benzene rings is 3. The van der Waals surface area contributed by atoms with Crippen LogP contribution < -0.4 is 21.1 Å². The summed E-state index contributed by atoms with van der Waals surface area (Å²) in [5.41, 5.74) is 9.90. The number of carbonyl (C=O) groups is 3. The van der Waals surface area contributed by atoms with Gasteiger partial charge in [-0.2, -0.15) is 0 Å². The van der Waals surface area contributed by atoms with Crippen LogP contribution in [0.2, 0.25) is 0 Å². The van der Waals surface area contributed by atoms with Gasteiger partial charge in [0.05, 0.1) is 43.7 Å². The number of rotatable bonds is 12. The Morgan fingerprint density at radius 3 is 2.52 bits per heavy atom. The third-order valence-electron chi connectivity index (χ3n) is 9.33. The van der Waals surface area contributed by atoms with Crippen molar-refractivity contribution in [3.8, 4) is 5.75 Å². The Morgan fingerprint density at radius 2 is 1.80 bits per heavy atom. The fourth-order valence-electron chi connectivity index (χ4n) is 6.28. The van der Waals surface area contributed by atoms with Crippen LogP contribution in [0.25, 0.3) is 0 Å². The predicted octanol–water partition coefficient (Wildman–Crippen LogP) is 3.46. The fourth-order valence-corrected chi connectivity index (χ4v) is 6.28. The van der Waals surface area contributed by atoms with Gasteiger partial charge in [0.1, 0.15) is 11.9 Å². The average Bonchev–Trinajstić information content (AvgIpc) is 3.15. The molecule has 5 rings (SSSR count). The van der Waals surface area contributed by atoms with Crippen molar-refractivity contribution in [2.75, 3.05) is 76.0 Å². The molecule has 12 heteroatoms. The molecule has 3 aromatic rings. The normalized spacial score (nSPS) is 19.1. The first kappa shape index (κ1) is 36.8. The van der Waals surface area contributed by atoms with E-state index in [2.05, 4.69) is 27.4 Å². The van der Waals surface area contributed by atoms with E-state index in [9.17, 15) is 19.5 Å². The van der Waals surface area contributed by atoms with E-state index in [1.54, 1.807) is 29.2 Å². The first-order valence-corrected chi connectivity index (χ1v) is 17.3. The monoisotopic (exact) mass is 686 g/mol. The summed E-state index contributed by atoms with van der Waals surface area (Å²) in [6, 6.07) is 19.7. The number of aliphatic hydroxyl groups excluding tert-OH is 1. The van der Waals surface area contributed by atoms with E-state index in [4.69, 9.17) is 15.2 Å². The number of carbonyl (C=O) groups excluding carboxylic acids is 3. The zero-order valence-corrected chi connectivity index (χ0v) is 29.3. The summed E-state index contributed by atoms with van der Waals surface area (Å²) >= 11 is 0. The Bertz CT molecular complexity index is 1610. The van der Waals surface area contributed by atoms with Crippen molar-refractivity contribution in [2.45, 2.75) is 45.4 Å². The minimum Gasteiger partial charge on any atom is -0.488 e. The third kappa shape index (κ3) is 10.0. The van der Waals surface area contributed by atoms with Crippen molar-refractivity contribution in [1.82, 2.24) is 14.7 Å². The fraction of sp³-hybridized carbons (Fsp3) is 0.447. The molecule has 3 aromatic carbocycles. The zero-order valence-electron chi connectivity index (χ0n) is 29.3. The number of aliphatic hydroxyl groups is 1. The average molecular weight is 687 g/mol. The lowest BCUT2D eigenvalue weighted by Gasteiger charge is -2.34. The molecule has 3 atom stereocenters. The summed E-state index contributed by atoms with van der Waals surface area (Å²) in [4.78, 5) is 45.3. The van der Waals surface area contributed by atoms with E-state index >= 15 is 0 Å². The lowest BCUT2D eigenvalue weighted by Crippen LogP contribution is -2.47. The number of nitrogen functional groups attached to an aromatic ring is 1. The maximum absolute atomic E-state index is 13.6. The second kappa shape index (κ2) is 17.4. The van der Waals surface area contributed by atoms with Crippen LogP contribution in [-0.2, 0) is 27.3 Å². The van der Waals surface area contributed by atoms with E-state index in [1.165, 1.54) is 0 Å². The van der Waals surface area contributed by atoms with Gasteiger partial charge in [-0.3, -0.25) is 24.2 Å². The second-order valence-corrected chi connectivity index (χ2v) is 13.4. The van der Waals surface area contributed by atoms with Gasteiger partial charge >= 0.3 is 0 Å². The molecule has 0 radical (unpaired) electrons. The standard InChI is InChI=1S/C38H50N6O6/c1-26-22-44(27(2)25-45)37(47)21-30-20-31(40-36(46)14-15-43-16-18-49-19-17-43)12-13-34(30)50-35(26)24-42(3)23-28-8-10-29(11-9-28)38(48)41-33-7-5-4-6-32(33)39/h4-13,20,26-27,35,45H,14-19,21-25,39H2,1-3H3,(H,40,46)(H,41,48)/t26-,27-,35-/m0/s1. The molecule has 0 aromatic heterocycles. The van der Waals surface area contributed by atoms with Crippen LogP contribution in [0.1, 0.15) is 41.8 Å². The summed E-state index contributed by atoms with van der Waals surface area (Å²) < 4.78 is 12.1. The third-order valence-corrected chi connectivity index (χ3v) is 9.33. The summed E-state index contributed by atoms with van der Waals surface area (Å²) in [5, 5.41) is 15.9. The van der Waals surface area contributed by atoms with E-state index in [0.29, 0.717) is 79.8 Å². The minimum atomic E-state index is -0.359. The highest BCUT2D eigenvalue weighted by atomic mass is 16.5. The van der Waals surface area contributed by atoms with E-state index in [1.807, 2.05) is 56.4 Å². The predicted molar refractivity (Wildman–Crippen MR) is 194 cm³/mol. The Morgan fingerprint density at radius 1 is 1.06 bits per heavy atom. The number of morpholine rings is 1. The van der Waals surface area contributed by atoms with E-state index in [0.717, 1.165) is 18.7 Å². The maximum Gasteiger partial charge on any atom is 0.255 e. The number of amides is 3. The smallest absolute Gasteiger partial charge is 0.255 e. The van der Waals surface area contributed by atoms with Gasteiger partial charge in [-0.1, -0.05) is 31.2 Å². The van der Waals surface area contributed by atoms with Gasteiger partial charge in [0.15, 0.2) is 0 Å². The number of anilines is 3. The number of hydrogen-bond donors (Lipinski definition) is 4. The second-order valence-electron chi connectivity index (χ2n) is 13.4. The Kier molecular flexibility index (Phi) is 12.8. The largest absolute Gasteiger partial charge is 0.488 e. The molecular formula is C38H50N6O6. The highest BCUT2D eigenvalue weighted by Gasteiger charge is 2.31. The van der Waals surface area contributed by atoms with Gasteiger partial charge in [0, 0.05) is 68.4 Å². The molecule has 268 valence electrons. The lowest BCUT2D eigenvalue weighted by atomic mass is 10.0. The number of hydrogen-bond acceptors (Lipinski definition) is 9. The molecule has 2 aliphatic rings. The number of fused-ring (bicyclic) bond motifs is 1. The number of nitrogens with two attached hydrogens (primary N) is 1. The van der Waals surface area contributed by atoms with E-state index in [-0.39, 0.29) is 48.8 Å². The molecule has 0 aliphatic carbocycles. The summed E-state index contributed by atoms with van der Waals surface area (Å²) in [7, 11) is 2.01. The summed E-state index contributed by atoms with van der Waals surface area (Å²) in [6.07, 6.45) is 0.163. The van der Waals surface area contributed by atoms with E-state index < -0.39 is 0 Å². The topological polar surface area (TPSA) is 150 Å². The van der Waals surface area contributed by atoms with Crippen LogP contribution in [0.15, 0.2) is 66.7 Å². The molecule has 1 fully saturated rings. The molecule has 3 amide bonds. The number of nitrogens with zero attached hydrogens (tertiary/aromatic N) is 3. The number of likely N-dealkylation sites (N-methyl/N-ethyl adjacent to an activating group) is 1. The van der Waals surface area contributed by atoms with Gasteiger partial charge in [-0.15, -0.1) is 0 Å². The van der Waals surface area contributed by atoms with Gasteiger partial charge in [0.2, 0.25) is 11.8 Å². The van der Waals surface area contributed by atoms with Crippen LogP contribution in [0.5, 0.6) is 5.75 Å². The van der Waals surface area contributed by atoms with Crippen molar-refractivity contribution in [1.29, 1.82) is 0 Å². The lowest BCUT2D eigenvalue weighted by molar-refractivity contribution is -0.134. The van der Waals surface area contributed by atoms with Gasteiger partial charge in [-0.05, 0) is 62.0 Å². The van der Waals surface area contributed by atoms with Crippen molar-refractivity contribution >= 4 is 34.8 Å². The molecule has 0 bridgehead atoms. The molecule has 0 unspecified atom stereocenters.